The van der Waals surface area contributed by atoms with E-state index in [9.17, 15) is 17.6 Å². The number of carbonyl (C=O) groups is 1. The van der Waals surface area contributed by atoms with Crippen LogP contribution in [0.3, 0.4) is 0 Å². The topological polar surface area (TPSA) is 66.5 Å². The van der Waals surface area contributed by atoms with Crippen molar-refractivity contribution in [3.63, 3.8) is 0 Å². The summed E-state index contributed by atoms with van der Waals surface area (Å²) in [4.78, 5) is 14.0. The van der Waals surface area contributed by atoms with Crippen LogP contribution < -0.4 is 9.62 Å². The quantitative estimate of drug-likeness (QED) is 0.681. The molecule has 0 bridgehead atoms. The maximum Gasteiger partial charge on any atom is 0.340 e. The van der Waals surface area contributed by atoms with Gasteiger partial charge in [-0.2, -0.15) is 0 Å². The molecule has 0 aliphatic heterocycles. The number of nitrogens with zero attached hydrogens (tertiary/aromatic N) is 1. The smallest absolute Gasteiger partial charge is 0.262 e. The average Bonchev–Trinajstić information content (AvgIpc) is 2.69. The molecular weight excluding hydrogens is 379 g/mol. The van der Waals surface area contributed by atoms with Gasteiger partial charge >= 0.3 is 6.03 Å². The Balaban J connectivity index is 1.84. The first-order valence-electron chi connectivity index (χ1n) is 8.35. The zero-order valence-corrected chi connectivity index (χ0v) is 15.5. The number of sulfonamides is 1. The van der Waals surface area contributed by atoms with E-state index in [-0.39, 0.29) is 0 Å². The molecule has 0 aliphatic rings. The Hall–Kier alpha value is -3.45. The first-order valence-corrected chi connectivity index (χ1v) is 9.90. The van der Waals surface area contributed by atoms with Gasteiger partial charge < -0.3 is 0 Å². The minimum atomic E-state index is -4.07. The lowest BCUT2D eigenvalue weighted by Crippen LogP contribution is -2.39. The summed E-state index contributed by atoms with van der Waals surface area (Å²) in [6.07, 6.45) is 1.28. The van der Waals surface area contributed by atoms with Gasteiger partial charge in [-0.1, -0.05) is 48.5 Å². The summed E-state index contributed by atoms with van der Waals surface area (Å²) < 4.78 is 39.6. The van der Waals surface area contributed by atoms with Crippen molar-refractivity contribution in [1.82, 2.24) is 4.72 Å². The van der Waals surface area contributed by atoms with Crippen LogP contribution in [-0.2, 0) is 10.0 Å². The summed E-state index contributed by atoms with van der Waals surface area (Å²) in [6, 6.07) is 21.9. The highest BCUT2D eigenvalue weighted by Gasteiger charge is 2.21. The van der Waals surface area contributed by atoms with Crippen LogP contribution in [-0.4, -0.2) is 14.4 Å². The fourth-order valence-electron chi connectivity index (χ4n) is 2.48. The molecule has 0 spiro atoms. The Labute approximate surface area is 162 Å². The van der Waals surface area contributed by atoms with E-state index in [1.165, 1.54) is 35.2 Å². The summed E-state index contributed by atoms with van der Waals surface area (Å²) in [5.41, 5.74) is 1.52. The minimum absolute atomic E-state index is 0.422. The van der Waals surface area contributed by atoms with Crippen LogP contribution >= 0.6 is 0 Å². The maximum absolute atomic E-state index is 12.9. The number of amides is 2. The first-order chi connectivity index (χ1) is 13.4. The third-order valence-corrected chi connectivity index (χ3v) is 4.72. The van der Waals surface area contributed by atoms with Gasteiger partial charge in [-0.3, -0.25) is 4.90 Å². The maximum atomic E-state index is 12.9. The molecule has 1 N–H and O–H groups in total. The third-order valence-electron chi connectivity index (χ3n) is 3.77. The number of hydrogen-bond acceptors (Lipinski definition) is 3. The Morgan fingerprint density at radius 3 is 1.82 bits per heavy atom. The van der Waals surface area contributed by atoms with E-state index in [1.807, 2.05) is 4.72 Å². The number of urea groups is 1. The largest absolute Gasteiger partial charge is 0.340 e. The molecule has 5 nitrogen and oxygen atoms in total. The molecule has 28 heavy (non-hydrogen) atoms. The average molecular weight is 396 g/mol. The van der Waals surface area contributed by atoms with E-state index in [4.69, 9.17) is 0 Å². The van der Waals surface area contributed by atoms with Gasteiger partial charge in [-0.15, -0.1) is 0 Å². The zero-order valence-electron chi connectivity index (χ0n) is 14.7. The van der Waals surface area contributed by atoms with Crippen molar-refractivity contribution in [3.8, 4) is 0 Å². The van der Waals surface area contributed by atoms with Crippen LogP contribution in [0, 0.1) is 5.82 Å². The van der Waals surface area contributed by atoms with E-state index in [2.05, 4.69) is 0 Å². The first kappa shape index (κ1) is 19.3. The predicted octanol–water partition coefficient (Wildman–Crippen LogP) is 4.67. The van der Waals surface area contributed by atoms with Crippen molar-refractivity contribution < 1.29 is 17.6 Å². The molecule has 3 aromatic rings. The number of hydrogen-bond donors (Lipinski definition) is 1. The second kappa shape index (κ2) is 8.49. The number of carbonyl (C=O) groups excluding carboxylic acids is 1. The van der Waals surface area contributed by atoms with E-state index >= 15 is 0 Å². The van der Waals surface area contributed by atoms with Crippen LogP contribution in [0.4, 0.5) is 20.6 Å². The van der Waals surface area contributed by atoms with Crippen LogP contribution in [0.1, 0.15) is 5.56 Å². The van der Waals surface area contributed by atoms with Crippen molar-refractivity contribution in [2.45, 2.75) is 0 Å². The number of anilines is 2. The van der Waals surface area contributed by atoms with Crippen molar-refractivity contribution in [2.75, 3.05) is 4.90 Å². The number of para-hydroxylation sites is 2. The molecule has 0 aromatic heterocycles. The van der Waals surface area contributed by atoms with Gasteiger partial charge in [0.25, 0.3) is 10.0 Å². The molecular formula is C21H17FN2O3S. The van der Waals surface area contributed by atoms with Crippen molar-refractivity contribution >= 4 is 33.5 Å². The van der Waals surface area contributed by atoms with Gasteiger partial charge in [0, 0.05) is 0 Å². The highest BCUT2D eigenvalue weighted by molar-refractivity contribution is 7.93. The highest BCUT2D eigenvalue weighted by atomic mass is 32.2. The SMILES string of the molecule is O=C(NS(=O)(=O)/C=C/c1ccc(F)cc1)N(c1ccccc1)c1ccccc1. The number of rotatable bonds is 5. The number of benzene rings is 3. The molecule has 0 saturated carbocycles. The van der Waals surface area contributed by atoms with E-state index in [0.29, 0.717) is 16.9 Å². The van der Waals surface area contributed by atoms with Gasteiger partial charge in [-0.25, -0.2) is 22.3 Å². The molecule has 142 valence electrons. The molecule has 0 radical (unpaired) electrons. The van der Waals surface area contributed by atoms with Crippen LogP contribution in [0.15, 0.2) is 90.3 Å². The van der Waals surface area contributed by atoms with Crippen molar-refractivity contribution in [3.05, 3.63) is 102 Å². The summed E-state index contributed by atoms with van der Waals surface area (Å²) >= 11 is 0. The lowest BCUT2D eigenvalue weighted by atomic mass is 10.2. The molecule has 0 heterocycles. The molecule has 0 fully saturated rings. The number of halogens is 1. The van der Waals surface area contributed by atoms with Gasteiger partial charge in [0.15, 0.2) is 0 Å². The second-order valence-electron chi connectivity index (χ2n) is 5.81. The molecule has 0 unspecified atom stereocenters. The second-order valence-corrected chi connectivity index (χ2v) is 7.38. The van der Waals surface area contributed by atoms with Gasteiger partial charge in [0.2, 0.25) is 0 Å². The Kier molecular flexibility index (Phi) is 5.86. The molecule has 3 rings (SSSR count). The molecule has 0 atom stereocenters. The van der Waals surface area contributed by atoms with E-state index < -0.39 is 21.9 Å². The summed E-state index contributed by atoms with van der Waals surface area (Å²) in [5.74, 6) is -0.422. The minimum Gasteiger partial charge on any atom is -0.262 e. The molecule has 2 amide bonds. The zero-order chi connectivity index (χ0) is 20.0. The van der Waals surface area contributed by atoms with Gasteiger partial charge in [0.05, 0.1) is 16.8 Å². The summed E-state index contributed by atoms with van der Waals surface area (Å²) in [6.45, 7) is 0. The molecule has 0 saturated heterocycles. The predicted molar refractivity (Wildman–Crippen MR) is 108 cm³/mol. The van der Waals surface area contributed by atoms with Crippen LogP contribution in [0.25, 0.3) is 6.08 Å². The Morgan fingerprint density at radius 1 is 0.821 bits per heavy atom. The van der Waals surface area contributed by atoms with Crippen molar-refractivity contribution in [2.24, 2.45) is 0 Å². The monoisotopic (exact) mass is 396 g/mol. The summed E-state index contributed by atoms with van der Waals surface area (Å²) in [5, 5.41) is 0.867. The van der Waals surface area contributed by atoms with E-state index in [1.54, 1.807) is 60.7 Å². The molecule has 7 heteroatoms. The Bertz CT molecular complexity index is 1030. The van der Waals surface area contributed by atoms with Crippen molar-refractivity contribution in [1.29, 1.82) is 0 Å². The molecule has 3 aromatic carbocycles. The Morgan fingerprint density at radius 2 is 1.32 bits per heavy atom. The lowest BCUT2D eigenvalue weighted by molar-refractivity contribution is 0.253. The van der Waals surface area contributed by atoms with E-state index in [0.717, 1.165) is 5.41 Å². The highest BCUT2D eigenvalue weighted by Crippen LogP contribution is 2.25. The fraction of sp³-hybridized carbons (Fsp3) is 0. The fourth-order valence-corrected chi connectivity index (χ4v) is 3.22. The third kappa shape index (κ3) is 5.05. The normalized spacial score (nSPS) is 11.3. The lowest BCUT2D eigenvalue weighted by Gasteiger charge is -2.22. The molecule has 0 aliphatic carbocycles. The van der Waals surface area contributed by atoms with Gasteiger partial charge in [0.1, 0.15) is 5.82 Å². The standard InChI is InChI=1S/C21H17FN2O3S/c22-18-13-11-17(12-14-18)15-16-28(26,27)23-21(25)24(19-7-3-1-4-8-19)20-9-5-2-6-10-20/h1-16H,(H,23,25)/b16-15+. The number of nitrogens with one attached hydrogen (secondary N) is 1. The van der Waals surface area contributed by atoms with Crippen LogP contribution in [0.2, 0.25) is 0 Å². The van der Waals surface area contributed by atoms with Gasteiger partial charge in [-0.05, 0) is 48.0 Å². The van der Waals surface area contributed by atoms with Crippen LogP contribution in [0.5, 0.6) is 0 Å². The summed E-state index contributed by atoms with van der Waals surface area (Å²) in [7, 11) is -4.07.